The first-order valence-corrected chi connectivity index (χ1v) is 12.5. The van der Waals surface area contributed by atoms with E-state index in [-0.39, 0.29) is 17.2 Å². The number of carbonyl (C=O) groups excluding carboxylic acids is 1. The number of aliphatic hydroxyl groups excluding tert-OH is 1. The number of nitrogens with one attached hydrogen (secondary N) is 1. The lowest BCUT2D eigenvalue weighted by atomic mass is 10.0. The van der Waals surface area contributed by atoms with Gasteiger partial charge < -0.3 is 25.1 Å². The third-order valence-electron chi connectivity index (χ3n) is 5.65. The van der Waals surface area contributed by atoms with E-state index in [2.05, 4.69) is 49.2 Å². The van der Waals surface area contributed by atoms with E-state index >= 15 is 0 Å². The van der Waals surface area contributed by atoms with Gasteiger partial charge in [0.25, 0.3) is 5.97 Å². The van der Waals surface area contributed by atoms with Crippen LogP contribution in [0.15, 0.2) is 85.1 Å². The second kappa shape index (κ2) is 17.8. The highest BCUT2D eigenvalue weighted by Gasteiger charge is 2.56. The number of aliphatic carboxylic acids is 1. The summed E-state index contributed by atoms with van der Waals surface area (Å²) in [6.45, 7) is 12.8. The number of carboxylic acid groups (broad SMARTS) is 1. The molecule has 3 aromatic rings. The van der Waals surface area contributed by atoms with E-state index in [9.17, 15) is 5.11 Å². The summed E-state index contributed by atoms with van der Waals surface area (Å²) in [7, 11) is 3.50. The molecule has 0 aromatic heterocycles. The van der Waals surface area contributed by atoms with Gasteiger partial charge in [-0.3, -0.25) is 4.79 Å². The van der Waals surface area contributed by atoms with Gasteiger partial charge in [0, 0.05) is 17.9 Å². The molecule has 6 nitrogen and oxygen atoms in total. The fourth-order valence-electron chi connectivity index (χ4n) is 3.65. The number of methoxy groups -OCH3 is 1. The molecule has 7 heteroatoms. The Kier molecular flexibility index (Phi) is 16.1. The van der Waals surface area contributed by atoms with Crippen LogP contribution in [0.1, 0.15) is 44.2 Å². The minimum Gasteiger partial charge on any atom is -0.511 e. The lowest BCUT2D eigenvalue weighted by molar-refractivity contribution is -0.134. The third-order valence-corrected chi connectivity index (χ3v) is 5.90. The predicted molar refractivity (Wildman–Crippen MR) is 157 cm³/mol. The summed E-state index contributed by atoms with van der Waals surface area (Å²) in [5.74, 6) is 0.505. The van der Waals surface area contributed by atoms with Crippen LogP contribution in [0.3, 0.4) is 0 Å². The zero-order chi connectivity index (χ0) is 29.3. The molecule has 2 unspecified atom stereocenters. The molecule has 206 valence electrons. The Morgan fingerprint density at radius 1 is 1.00 bits per heavy atom. The van der Waals surface area contributed by atoms with Crippen LogP contribution in [0.2, 0.25) is 5.02 Å². The van der Waals surface area contributed by atoms with Crippen LogP contribution in [-0.2, 0) is 9.59 Å². The molecule has 0 aliphatic heterocycles. The van der Waals surface area contributed by atoms with Gasteiger partial charge in [0.1, 0.15) is 18.3 Å². The second-order valence-electron chi connectivity index (χ2n) is 8.09. The SMILES string of the molecule is C=C(O)C1(NC)CC1c1cccc(OC)c1.C=O.CC.CC(=O)O.Cc1ccc(-c2ccc(Cl)cc2)cc1. The molecule has 0 bridgehead atoms. The Labute approximate surface area is 231 Å². The maximum atomic E-state index is 9.61. The van der Waals surface area contributed by atoms with Crippen LogP contribution in [0.5, 0.6) is 5.75 Å². The minimum absolute atomic E-state index is 0.211. The largest absolute Gasteiger partial charge is 0.511 e. The van der Waals surface area contributed by atoms with E-state index in [0.29, 0.717) is 0 Å². The van der Waals surface area contributed by atoms with E-state index in [1.54, 1.807) is 7.11 Å². The number of hydrogen-bond donors (Lipinski definition) is 3. The smallest absolute Gasteiger partial charge is 0.300 e. The Balaban J connectivity index is 0.000000570. The highest BCUT2D eigenvalue weighted by atomic mass is 35.5. The van der Waals surface area contributed by atoms with Crippen LogP contribution >= 0.6 is 11.6 Å². The number of rotatable bonds is 5. The fraction of sp³-hybridized carbons (Fsp3) is 0.290. The van der Waals surface area contributed by atoms with E-state index in [4.69, 9.17) is 31.0 Å². The maximum Gasteiger partial charge on any atom is 0.300 e. The van der Waals surface area contributed by atoms with Gasteiger partial charge >= 0.3 is 0 Å². The summed E-state index contributed by atoms with van der Waals surface area (Å²) in [4.78, 5) is 17.0. The van der Waals surface area contributed by atoms with Gasteiger partial charge in [-0.2, -0.15) is 0 Å². The van der Waals surface area contributed by atoms with Crippen LogP contribution < -0.4 is 10.1 Å². The van der Waals surface area contributed by atoms with Gasteiger partial charge in [-0.25, -0.2) is 0 Å². The summed E-state index contributed by atoms with van der Waals surface area (Å²) in [6.07, 6.45) is 0.881. The van der Waals surface area contributed by atoms with Crippen LogP contribution in [0, 0.1) is 6.92 Å². The van der Waals surface area contributed by atoms with Crippen molar-refractivity contribution >= 4 is 24.4 Å². The van der Waals surface area contributed by atoms with Crippen molar-refractivity contribution in [3.05, 3.63) is 101 Å². The third kappa shape index (κ3) is 10.8. The van der Waals surface area contributed by atoms with E-state index in [1.165, 1.54) is 22.3 Å². The standard InChI is InChI=1S/C13H11Cl.C13H17NO2.C2H4O2.C2H6.CH2O/c1-10-2-4-11(5-3-10)12-6-8-13(14)9-7-12;1-9(15)13(14-2)8-12(13)10-5-4-6-11(7-10)16-3;1-2(3)4;2*1-2/h2-9H,1H3;4-7,12,14-15H,1,8H2,2-3H3;1H3,(H,3,4);1-2H3;1H2. The average molecular weight is 542 g/mol. The number of carbonyl (C=O) groups is 2. The van der Waals surface area contributed by atoms with Gasteiger partial charge in [-0.15, -0.1) is 0 Å². The molecule has 0 radical (unpaired) electrons. The summed E-state index contributed by atoms with van der Waals surface area (Å²) < 4.78 is 5.19. The zero-order valence-corrected chi connectivity index (χ0v) is 23.9. The number of likely N-dealkylation sites (N-methyl/N-ethyl adjacent to an activating group) is 1. The zero-order valence-electron chi connectivity index (χ0n) is 23.1. The molecule has 0 heterocycles. The minimum atomic E-state index is -0.833. The van der Waals surface area contributed by atoms with Crippen molar-refractivity contribution in [2.24, 2.45) is 0 Å². The molecule has 0 spiro atoms. The van der Waals surface area contributed by atoms with Gasteiger partial charge in [0.15, 0.2) is 0 Å². The fourth-order valence-corrected chi connectivity index (χ4v) is 3.78. The van der Waals surface area contributed by atoms with Crippen LogP contribution in [0.4, 0.5) is 0 Å². The molecule has 1 aliphatic rings. The van der Waals surface area contributed by atoms with Crippen LogP contribution in [0.25, 0.3) is 11.1 Å². The van der Waals surface area contributed by atoms with E-state index in [0.717, 1.165) is 24.1 Å². The monoisotopic (exact) mass is 541 g/mol. The molecule has 3 aromatic carbocycles. The van der Waals surface area contributed by atoms with Crippen molar-refractivity contribution in [2.75, 3.05) is 14.2 Å². The lowest BCUT2D eigenvalue weighted by Crippen LogP contribution is -2.31. The highest BCUT2D eigenvalue weighted by molar-refractivity contribution is 6.30. The number of aryl methyl sites for hydroxylation is 1. The first kappa shape index (κ1) is 34.4. The number of hydrogen-bond acceptors (Lipinski definition) is 5. The highest BCUT2D eigenvalue weighted by Crippen LogP contribution is 2.54. The maximum absolute atomic E-state index is 9.61. The summed E-state index contributed by atoms with van der Waals surface area (Å²) in [6, 6.07) is 24.3. The Hall–Kier alpha value is -3.61. The predicted octanol–water partition coefficient (Wildman–Crippen LogP) is 7.46. The molecule has 4 rings (SSSR count). The van der Waals surface area contributed by atoms with Gasteiger partial charge in [-0.1, -0.05) is 86.1 Å². The molecule has 1 aliphatic carbocycles. The average Bonchev–Trinajstić information content (AvgIpc) is 3.69. The number of ether oxygens (including phenoxy) is 1. The molecule has 38 heavy (non-hydrogen) atoms. The van der Waals surface area contributed by atoms with Gasteiger partial charge in [-0.05, 0) is 61.3 Å². The van der Waals surface area contributed by atoms with Crippen molar-refractivity contribution in [2.45, 2.75) is 45.6 Å². The second-order valence-corrected chi connectivity index (χ2v) is 8.53. The summed E-state index contributed by atoms with van der Waals surface area (Å²) in [5.41, 5.74) is 4.54. The van der Waals surface area contributed by atoms with Crippen molar-refractivity contribution in [1.29, 1.82) is 0 Å². The van der Waals surface area contributed by atoms with Crippen molar-refractivity contribution in [3.8, 4) is 16.9 Å². The van der Waals surface area contributed by atoms with Crippen molar-refractivity contribution < 1.29 is 24.5 Å². The van der Waals surface area contributed by atoms with Crippen LogP contribution in [-0.4, -0.2) is 42.7 Å². The molecule has 1 saturated carbocycles. The summed E-state index contributed by atoms with van der Waals surface area (Å²) in [5, 5.41) is 21.0. The normalized spacial score (nSPS) is 16.2. The molecule has 0 amide bonds. The topological polar surface area (TPSA) is 95.9 Å². The van der Waals surface area contributed by atoms with Crippen molar-refractivity contribution in [1.82, 2.24) is 5.32 Å². The molecule has 2 atom stereocenters. The first-order valence-electron chi connectivity index (χ1n) is 12.1. The van der Waals surface area contributed by atoms with E-state index in [1.807, 2.05) is 70.1 Å². The lowest BCUT2D eigenvalue weighted by Gasteiger charge is -2.15. The molecular formula is C31H40ClNO5. The van der Waals surface area contributed by atoms with E-state index < -0.39 is 5.97 Å². The Bertz CT molecular complexity index is 1070. The molecule has 1 fully saturated rings. The quantitative estimate of drug-likeness (QED) is 0.290. The number of carboxylic acids is 1. The molecular weight excluding hydrogens is 502 g/mol. The summed E-state index contributed by atoms with van der Waals surface area (Å²) >= 11 is 5.82. The number of aliphatic hydroxyl groups is 1. The van der Waals surface area contributed by atoms with Gasteiger partial charge in [0.05, 0.1) is 12.6 Å². The molecule has 0 saturated heterocycles. The van der Waals surface area contributed by atoms with Crippen molar-refractivity contribution in [3.63, 3.8) is 0 Å². The number of halogens is 1. The Morgan fingerprint density at radius 2 is 1.47 bits per heavy atom. The molecule has 3 N–H and O–H groups in total. The first-order chi connectivity index (χ1) is 18.1. The van der Waals surface area contributed by atoms with Gasteiger partial charge in [0.2, 0.25) is 0 Å². The number of benzene rings is 3. The Morgan fingerprint density at radius 3 is 1.87 bits per heavy atom.